The summed E-state index contributed by atoms with van der Waals surface area (Å²) in [6.07, 6.45) is 5.03. The topological polar surface area (TPSA) is 12.9 Å². The van der Waals surface area contributed by atoms with Gasteiger partial charge in [-0.05, 0) is 29.9 Å². The number of hydrogen-bond acceptors (Lipinski definition) is 1. The van der Waals surface area contributed by atoms with E-state index < -0.39 is 0 Å². The van der Waals surface area contributed by atoms with Crippen molar-refractivity contribution in [3.05, 3.63) is 30.1 Å². The molecule has 1 aromatic rings. The number of aromatic nitrogens is 1. The summed E-state index contributed by atoms with van der Waals surface area (Å²) in [5.41, 5.74) is 1.35. The van der Waals surface area contributed by atoms with Crippen LogP contribution in [-0.4, -0.2) is 4.98 Å². The van der Waals surface area contributed by atoms with Crippen LogP contribution in [0, 0.1) is 5.92 Å². The van der Waals surface area contributed by atoms with Crippen molar-refractivity contribution in [1.29, 1.82) is 0 Å². The molecule has 1 heterocycles. The van der Waals surface area contributed by atoms with Gasteiger partial charge in [0, 0.05) is 12.4 Å². The Morgan fingerprint density at radius 3 is 2.58 bits per heavy atom. The van der Waals surface area contributed by atoms with Crippen LogP contribution in [0.2, 0.25) is 0 Å². The van der Waals surface area contributed by atoms with E-state index in [-0.39, 0.29) is 0 Å². The summed E-state index contributed by atoms with van der Waals surface area (Å²) in [4.78, 5) is 4.11. The molecule has 0 spiro atoms. The lowest BCUT2D eigenvalue weighted by molar-refractivity contribution is 0.523. The Kier molecular flexibility index (Phi) is 3.27. The Hall–Kier alpha value is -0.850. The van der Waals surface area contributed by atoms with Crippen molar-refractivity contribution in [1.82, 2.24) is 4.98 Å². The SMILES string of the molecule is CC(C)CC(C)c1cccnc1. The fraction of sp³-hybridized carbons (Fsp3) is 0.545. The highest BCUT2D eigenvalue weighted by atomic mass is 14.6. The smallest absolute Gasteiger partial charge is 0.0302 e. The lowest BCUT2D eigenvalue weighted by atomic mass is 9.93. The molecule has 1 unspecified atom stereocenters. The molecule has 0 radical (unpaired) electrons. The summed E-state index contributed by atoms with van der Waals surface area (Å²) in [7, 11) is 0. The van der Waals surface area contributed by atoms with Crippen LogP contribution in [0.4, 0.5) is 0 Å². The summed E-state index contributed by atoms with van der Waals surface area (Å²) in [5, 5.41) is 0. The molecule has 0 aliphatic carbocycles. The van der Waals surface area contributed by atoms with E-state index in [4.69, 9.17) is 0 Å². The Morgan fingerprint density at radius 2 is 2.08 bits per heavy atom. The molecule has 0 fully saturated rings. The third kappa shape index (κ3) is 2.65. The standard InChI is InChI=1S/C11H17N/c1-9(2)7-10(3)11-5-4-6-12-8-11/h4-6,8-10H,7H2,1-3H3. The highest BCUT2D eigenvalue weighted by Crippen LogP contribution is 2.21. The zero-order valence-electron chi connectivity index (χ0n) is 8.12. The average molecular weight is 163 g/mol. The molecule has 0 aromatic carbocycles. The molecule has 0 N–H and O–H groups in total. The second-order valence-electron chi connectivity index (χ2n) is 3.82. The van der Waals surface area contributed by atoms with E-state index in [9.17, 15) is 0 Å². The molecule has 1 rings (SSSR count). The van der Waals surface area contributed by atoms with Crippen molar-refractivity contribution in [3.8, 4) is 0 Å². The highest BCUT2D eigenvalue weighted by Gasteiger charge is 2.06. The molecular weight excluding hydrogens is 146 g/mol. The van der Waals surface area contributed by atoms with Crippen molar-refractivity contribution < 1.29 is 0 Å². The first-order chi connectivity index (χ1) is 5.70. The van der Waals surface area contributed by atoms with E-state index in [2.05, 4.69) is 31.8 Å². The van der Waals surface area contributed by atoms with Crippen LogP contribution in [-0.2, 0) is 0 Å². The minimum atomic E-state index is 0.638. The molecule has 0 amide bonds. The first-order valence-electron chi connectivity index (χ1n) is 4.60. The number of rotatable bonds is 3. The lowest BCUT2D eigenvalue weighted by Gasteiger charge is -2.13. The van der Waals surface area contributed by atoms with Crippen molar-refractivity contribution in [2.45, 2.75) is 33.1 Å². The maximum atomic E-state index is 4.11. The van der Waals surface area contributed by atoms with Crippen LogP contribution in [0.5, 0.6) is 0 Å². The summed E-state index contributed by atoms with van der Waals surface area (Å²) >= 11 is 0. The zero-order valence-corrected chi connectivity index (χ0v) is 8.12. The number of nitrogens with zero attached hydrogens (tertiary/aromatic N) is 1. The van der Waals surface area contributed by atoms with Gasteiger partial charge in [0.1, 0.15) is 0 Å². The van der Waals surface area contributed by atoms with Gasteiger partial charge in [-0.3, -0.25) is 4.98 Å². The van der Waals surface area contributed by atoms with Crippen LogP contribution in [0.3, 0.4) is 0 Å². The summed E-state index contributed by atoms with van der Waals surface area (Å²) in [5.74, 6) is 1.40. The first-order valence-corrected chi connectivity index (χ1v) is 4.60. The maximum Gasteiger partial charge on any atom is 0.0302 e. The molecule has 1 nitrogen and oxygen atoms in total. The van der Waals surface area contributed by atoms with Gasteiger partial charge < -0.3 is 0 Å². The van der Waals surface area contributed by atoms with E-state index in [1.54, 1.807) is 0 Å². The zero-order chi connectivity index (χ0) is 8.97. The quantitative estimate of drug-likeness (QED) is 0.666. The van der Waals surface area contributed by atoms with E-state index in [0.29, 0.717) is 5.92 Å². The van der Waals surface area contributed by atoms with Gasteiger partial charge in [0.25, 0.3) is 0 Å². The Bertz CT molecular complexity index is 216. The van der Waals surface area contributed by atoms with Gasteiger partial charge in [0.2, 0.25) is 0 Å². The van der Waals surface area contributed by atoms with Gasteiger partial charge in [-0.2, -0.15) is 0 Å². The Labute approximate surface area is 74.8 Å². The minimum absolute atomic E-state index is 0.638. The molecule has 0 aliphatic heterocycles. The van der Waals surface area contributed by atoms with Crippen LogP contribution in [0.15, 0.2) is 24.5 Å². The largest absolute Gasteiger partial charge is 0.264 e. The van der Waals surface area contributed by atoms with Crippen LogP contribution < -0.4 is 0 Å². The van der Waals surface area contributed by atoms with E-state index >= 15 is 0 Å². The second kappa shape index (κ2) is 4.24. The molecule has 66 valence electrons. The molecule has 1 aromatic heterocycles. The van der Waals surface area contributed by atoms with Gasteiger partial charge in [-0.25, -0.2) is 0 Å². The molecule has 12 heavy (non-hydrogen) atoms. The third-order valence-corrected chi connectivity index (χ3v) is 2.08. The van der Waals surface area contributed by atoms with Gasteiger partial charge in [0.05, 0.1) is 0 Å². The normalized spacial score (nSPS) is 13.3. The second-order valence-corrected chi connectivity index (χ2v) is 3.82. The van der Waals surface area contributed by atoms with Crippen LogP contribution >= 0.6 is 0 Å². The highest BCUT2D eigenvalue weighted by molar-refractivity contribution is 5.13. The van der Waals surface area contributed by atoms with E-state index in [1.807, 2.05) is 18.5 Å². The molecule has 0 bridgehead atoms. The van der Waals surface area contributed by atoms with Gasteiger partial charge in [-0.15, -0.1) is 0 Å². The first kappa shape index (κ1) is 9.24. The van der Waals surface area contributed by atoms with Gasteiger partial charge in [-0.1, -0.05) is 26.8 Å². The van der Waals surface area contributed by atoms with Gasteiger partial charge >= 0.3 is 0 Å². The van der Waals surface area contributed by atoms with Crippen molar-refractivity contribution in [3.63, 3.8) is 0 Å². The minimum Gasteiger partial charge on any atom is -0.264 e. The van der Waals surface area contributed by atoms with Crippen molar-refractivity contribution >= 4 is 0 Å². The molecule has 0 saturated heterocycles. The lowest BCUT2D eigenvalue weighted by Crippen LogP contribution is -1.98. The monoisotopic (exact) mass is 163 g/mol. The molecule has 1 atom stereocenters. The number of hydrogen-bond donors (Lipinski definition) is 0. The molecular formula is C11H17N. The van der Waals surface area contributed by atoms with Gasteiger partial charge in [0.15, 0.2) is 0 Å². The Balaban J connectivity index is 2.59. The van der Waals surface area contributed by atoms with Crippen molar-refractivity contribution in [2.24, 2.45) is 5.92 Å². The fourth-order valence-electron chi connectivity index (χ4n) is 1.51. The predicted octanol–water partition coefficient (Wildman–Crippen LogP) is 3.23. The van der Waals surface area contributed by atoms with E-state index in [0.717, 1.165) is 5.92 Å². The number of pyridine rings is 1. The third-order valence-electron chi connectivity index (χ3n) is 2.08. The Morgan fingerprint density at radius 1 is 1.33 bits per heavy atom. The molecule has 1 heteroatoms. The summed E-state index contributed by atoms with van der Waals surface area (Å²) in [6, 6.07) is 4.16. The summed E-state index contributed by atoms with van der Waals surface area (Å²) < 4.78 is 0. The average Bonchev–Trinajstić information content (AvgIpc) is 2.05. The fourth-order valence-corrected chi connectivity index (χ4v) is 1.51. The molecule has 0 saturated carbocycles. The molecule has 0 aliphatic rings. The van der Waals surface area contributed by atoms with E-state index in [1.165, 1.54) is 12.0 Å². The van der Waals surface area contributed by atoms with Crippen LogP contribution in [0.25, 0.3) is 0 Å². The summed E-state index contributed by atoms with van der Waals surface area (Å²) in [6.45, 7) is 6.77. The van der Waals surface area contributed by atoms with Crippen molar-refractivity contribution in [2.75, 3.05) is 0 Å². The predicted molar refractivity (Wildman–Crippen MR) is 52.1 cm³/mol. The maximum absolute atomic E-state index is 4.11. The van der Waals surface area contributed by atoms with Crippen LogP contribution in [0.1, 0.15) is 38.7 Å².